The number of Topliss-reactive ketones (excluding diaryl/α,β-unsaturated/α-hetero) is 1. The molecule has 0 bridgehead atoms. The normalized spacial score (nSPS) is 34.3. The van der Waals surface area contributed by atoms with E-state index in [0.717, 1.165) is 23.4 Å². The first kappa shape index (κ1) is 8.06. The third-order valence-electron chi connectivity index (χ3n) is 2.70. The van der Waals surface area contributed by atoms with Crippen molar-refractivity contribution in [1.29, 1.82) is 0 Å². The first-order valence-electron chi connectivity index (χ1n) is 4.29. The monoisotopic (exact) mass is 182 g/mol. The molecule has 0 amide bonds. The van der Waals surface area contributed by atoms with Gasteiger partial charge in [0.1, 0.15) is 0 Å². The van der Waals surface area contributed by atoms with Gasteiger partial charge in [-0.25, -0.2) is 0 Å². The van der Waals surface area contributed by atoms with Crippen LogP contribution in [0.25, 0.3) is 0 Å². The number of carbonyl (C=O) groups is 1. The molecule has 2 unspecified atom stereocenters. The number of hydrogen-bond acceptors (Lipinski definition) is 1. The molecule has 64 valence electrons. The molecule has 2 atom stereocenters. The minimum atomic E-state index is 0.206. The summed E-state index contributed by atoms with van der Waals surface area (Å²) in [6, 6.07) is 0. The van der Waals surface area contributed by atoms with Gasteiger partial charge in [-0.3, -0.25) is 4.79 Å². The van der Waals surface area contributed by atoms with Gasteiger partial charge in [0.2, 0.25) is 0 Å². The van der Waals surface area contributed by atoms with Crippen molar-refractivity contribution in [1.82, 2.24) is 0 Å². The van der Waals surface area contributed by atoms with E-state index in [1.54, 1.807) is 0 Å². The Bertz CT molecular complexity index is 288. The number of hydrogen-bond donors (Lipinski definition) is 0. The molecule has 0 radical (unpaired) electrons. The van der Waals surface area contributed by atoms with Gasteiger partial charge in [0.25, 0.3) is 0 Å². The maximum Gasteiger partial charge on any atom is 0.161 e. The van der Waals surface area contributed by atoms with E-state index < -0.39 is 0 Å². The van der Waals surface area contributed by atoms with Crippen molar-refractivity contribution in [3.05, 3.63) is 22.8 Å². The van der Waals surface area contributed by atoms with Crippen molar-refractivity contribution in [2.24, 2.45) is 11.8 Å². The van der Waals surface area contributed by atoms with E-state index in [-0.39, 0.29) is 5.92 Å². The summed E-state index contributed by atoms with van der Waals surface area (Å²) in [6.45, 7) is 2.00. The van der Waals surface area contributed by atoms with Crippen LogP contribution in [0, 0.1) is 11.8 Å². The lowest BCUT2D eigenvalue weighted by Crippen LogP contribution is -2.05. The number of ketones is 1. The predicted octanol–water partition coefficient (Wildman–Crippen LogP) is 2.66. The van der Waals surface area contributed by atoms with Crippen molar-refractivity contribution < 1.29 is 4.79 Å². The number of carbonyl (C=O) groups excluding carboxylic acids is 1. The molecule has 12 heavy (non-hydrogen) atoms. The van der Waals surface area contributed by atoms with Gasteiger partial charge in [-0.1, -0.05) is 24.6 Å². The maximum atomic E-state index is 11.5. The van der Waals surface area contributed by atoms with Gasteiger partial charge in [-0.2, -0.15) is 0 Å². The van der Waals surface area contributed by atoms with E-state index in [1.807, 2.05) is 19.1 Å². The smallest absolute Gasteiger partial charge is 0.161 e. The molecule has 2 aliphatic rings. The van der Waals surface area contributed by atoms with Crippen LogP contribution in [0.4, 0.5) is 0 Å². The van der Waals surface area contributed by atoms with Gasteiger partial charge < -0.3 is 0 Å². The zero-order chi connectivity index (χ0) is 8.72. The summed E-state index contributed by atoms with van der Waals surface area (Å²) in [5.74, 6) is 0.933. The Hall–Kier alpha value is -0.560. The quantitative estimate of drug-likeness (QED) is 0.563. The molecule has 0 aromatic heterocycles. The van der Waals surface area contributed by atoms with Crippen molar-refractivity contribution in [2.45, 2.75) is 19.8 Å². The summed E-state index contributed by atoms with van der Waals surface area (Å²) in [4.78, 5) is 11.5. The second-order valence-electron chi connectivity index (χ2n) is 3.64. The highest BCUT2D eigenvalue weighted by Gasteiger charge is 2.35. The molecular weight excluding hydrogens is 172 g/mol. The van der Waals surface area contributed by atoms with Crippen LogP contribution in [0.3, 0.4) is 0 Å². The lowest BCUT2D eigenvalue weighted by molar-refractivity contribution is -0.117. The molecule has 0 N–H and O–H groups in total. The molecule has 0 spiro atoms. The van der Waals surface area contributed by atoms with Crippen molar-refractivity contribution in [3.63, 3.8) is 0 Å². The fraction of sp³-hybridized carbons (Fsp3) is 0.500. The molecule has 1 saturated carbocycles. The fourth-order valence-electron chi connectivity index (χ4n) is 2.04. The number of rotatable bonds is 0. The van der Waals surface area contributed by atoms with E-state index >= 15 is 0 Å². The summed E-state index contributed by atoms with van der Waals surface area (Å²) in [5.41, 5.74) is 0.993. The highest BCUT2D eigenvalue weighted by molar-refractivity contribution is 6.30. The van der Waals surface area contributed by atoms with Gasteiger partial charge in [-0.15, -0.1) is 0 Å². The van der Waals surface area contributed by atoms with Crippen LogP contribution < -0.4 is 0 Å². The second kappa shape index (κ2) is 2.74. The molecule has 2 aliphatic carbocycles. The Morgan fingerprint density at radius 1 is 1.50 bits per heavy atom. The first-order chi connectivity index (χ1) is 5.68. The third-order valence-corrected chi connectivity index (χ3v) is 2.98. The van der Waals surface area contributed by atoms with E-state index in [4.69, 9.17) is 11.6 Å². The molecule has 0 aromatic rings. The predicted molar refractivity (Wildman–Crippen MR) is 48.9 cm³/mol. The van der Waals surface area contributed by atoms with Gasteiger partial charge >= 0.3 is 0 Å². The van der Waals surface area contributed by atoms with Crippen LogP contribution in [0.15, 0.2) is 22.8 Å². The third kappa shape index (κ3) is 1.13. The molecule has 1 fully saturated rings. The van der Waals surface area contributed by atoms with Gasteiger partial charge in [0.15, 0.2) is 5.78 Å². The average molecular weight is 183 g/mol. The molecular formula is C10H11ClO. The van der Waals surface area contributed by atoms with Crippen LogP contribution >= 0.6 is 11.6 Å². The van der Waals surface area contributed by atoms with Crippen LogP contribution in [-0.4, -0.2) is 5.78 Å². The molecule has 0 aromatic carbocycles. The number of allylic oxidation sites excluding steroid dienone is 4. The molecule has 1 nitrogen and oxygen atoms in total. The summed E-state index contributed by atoms with van der Waals surface area (Å²) >= 11 is 5.88. The van der Waals surface area contributed by atoms with Crippen molar-refractivity contribution in [3.8, 4) is 0 Å². The first-order valence-corrected chi connectivity index (χ1v) is 4.66. The minimum Gasteiger partial charge on any atom is -0.294 e. The van der Waals surface area contributed by atoms with Crippen LogP contribution in [0.5, 0.6) is 0 Å². The summed E-state index contributed by atoms with van der Waals surface area (Å²) in [6.07, 6.45) is 5.59. The molecule has 2 rings (SSSR count). The number of halogens is 1. The summed E-state index contributed by atoms with van der Waals surface area (Å²) in [5, 5.41) is 0.880. The average Bonchev–Trinajstić information content (AvgIpc) is 2.28. The summed E-state index contributed by atoms with van der Waals surface area (Å²) < 4.78 is 0. The van der Waals surface area contributed by atoms with Gasteiger partial charge in [0, 0.05) is 11.0 Å². The Morgan fingerprint density at radius 2 is 2.25 bits per heavy atom. The van der Waals surface area contributed by atoms with Crippen LogP contribution in [0.2, 0.25) is 0 Å². The van der Waals surface area contributed by atoms with E-state index in [0.29, 0.717) is 11.7 Å². The SMILES string of the molecule is CC1CC2CC(Cl)=CC=C2C1=O. The Labute approximate surface area is 77.1 Å². The molecule has 0 heterocycles. The van der Waals surface area contributed by atoms with Crippen molar-refractivity contribution >= 4 is 17.4 Å². The largest absolute Gasteiger partial charge is 0.294 e. The highest BCUT2D eigenvalue weighted by Crippen LogP contribution is 2.39. The van der Waals surface area contributed by atoms with E-state index in [9.17, 15) is 4.79 Å². The zero-order valence-electron chi connectivity index (χ0n) is 7.01. The standard InChI is InChI=1S/C10H11ClO/c1-6-4-7-5-8(11)2-3-9(7)10(6)12/h2-3,6-7H,4-5H2,1H3. The Kier molecular flexibility index (Phi) is 1.84. The van der Waals surface area contributed by atoms with E-state index in [1.165, 1.54) is 0 Å². The number of fused-ring (bicyclic) bond motifs is 1. The topological polar surface area (TPSA) is 17.1 Å². The minimum absolute atomic E-state index is 0.206. The highest BCUT2D eigenvalue weighted by atomic mass is 35.5. The zero-order valence-corrected chi connectivity index (χ0v) is 7.77. The Morgan fingerprint density at radius 3 is 3.00 bits per heavy atom. The molecule has 2 heteroatoms. The maximum absolute atomic E-state index is 11.5. The van der Waals surface area contributed by atoms with E-state index in [2.05, 4.69) is 0 Å². The molecule has 0 saturated heterocycles. The van der Waals surface area contributed by atoms with Gasteiger partial charge in [0.05, 0.1) is 0 Å². The molecule has 0 aliphatic heterocycles. The second-order valence-corrected chi connectivity index (χ2v) is 4.12. The Balaban J connectivity index is 2.32. The fourth-order valence-corrected chi connectivity index (χ4v) is 2.29. The van der Waals surface area contributed by atoms with Gasteiger partial charge in [-0.05, 0) is 30.4 Å². The van der Waals surface area contributed by atoms with Crippen LogP contribution in [0.1, 0.15) is 19.8 Å². The lowest BCUT2D eigenvalue weighted by Gasteiger charge is -2.13. The van der Waals surface area contributed by atoms with Crippen molar-refractivity contribution in [2.75, 3.05) is 0 Å². The lowest BCUT2D eigenvalue weighted by atomic mass is 9.94. The van der Waals surface area contributed by atoms with Crippen LogP contribution in [-0.2, 0) is 4.79 Å². The summed E-state index contributed by atoms with van der Waals surface area (Å²) in [7, 11) is 0.